The summed E-state index contributed by atoms with van der Waals surface area (Å²) in [6.45, 7) is 5.30. The van der Waals surface area contributed by atoms with E-state index in [1.54, 1.807) is 11.8 Å². The van der Waals surface area contributed by atoms with Gasteiger partial charge in [-0.25, -0.2) is 4.98 Å². The van der Waals surface area contributed by atoms with Crippen molar-refractivity contribution in [3.63, 3.8) is 0 Å². The zero-order valence-corrected chi connectivity index (χ0v) is 10.3. The Kier molecular flexibility index (Phi) is 3.42. The quantitative estimate of drug-likeness (QED) is 0.775. The SMILES string of the molecule is CCC1CN(C(=O)c2n[nH]c(C)n2)CCC1N. The number of hydrogen-bond acceptors (Lipinski definition) is 4. The van der Waals surface area contributed by atoms with Crippen molar-refractivity contribution in [2.24, 2.45) is 11.7 Å². The Labute approximate surface area is 101 Å². The minimum absolute atomic E-state index is 0.0975. The molecule has 6 nitrogen and oxygen atoms in total. The van der Waals surface area contributed by atoms with E-state index >= 15 is 0 Å². The van der Waals surface area contributed by atoms with E-state index in [0.29, 0.717) is 24.8 Å². The highest BCUT2D eigenvalue weighted by Crippen LogP contribution is 2.19. The second kappa shape index (κ2) is 4.83. The highest BCUT2D eigenvalue weighted by atomic mass is 16.2. The number of rotatable bonds is 2. The van der Waals surface area contributed by atoms with Crippen molar-refractivity contribution in [2.75, 3.05) is 13.1 Å². The molecule has 0 aromatic carbocycles. The molecule has 2 unspecified atom stereocenters. The van der Waals surface area contributed by atoms with Crippen molar-refractivity contribution in [1.82, 2.24) is 20.1 Å². The van der Waals surface area contributed by atoms with Crippen LogP contribution in [0.25, 0.3) is 0 Å². The van der Waals surface area contributed by atoms with Crippen LogP contribution in [0, 0.1) is 12.8 Å². The fraction of sp³-hybridized carbons (Fsp3) is 0.727. The second-order valence-electron chi connectivity index (χ2n) is 4.62. The number of nitrogens with one attached hydrogen (secondary N) is 1. The van der Waals surface area contributed by atoms with Gasteiger partial charge in [0.1, 0.15) is 5.82 Å². The molecule has 1 aliphatic heterocycles. The first-order chi connectivity index (χ1) is 8.11. The Morgan fingerprint density at radius 3 is 3.00 bits per heavy atom. The molecular weight excluding hydrogens is 218 g/mol. The molecule has 2 atom stereocenters. The first-order valence-electron chi connectivity index (χ1n) is 6.05. The average Bonchev–Trinajstić information content (AvgIpc) is 2.75. The van der Waals surface area contributed by atoms with Crippen LogP contribution in [0.5, 0.6) is 0 Å². The summed E-state index contributed by atoms with van der Waals surface area (Å²) in [5, 5.41) is 6.59. The van der Waals surface area contributed by atoms with Crippen LogP contribution in [0.2, 0.25) is 0 Å². The Morgan fingerprint density at radius 2 is 2.41 bits per heavy atom. The smallest absolute Gasteiger partial charge is 0.293 e. The predicted octanol–water partition coefficient (Wildman–Crippen LogP) is 0.313. The van der Waals surface area contributed by atoms with Gasteiger partial charge in [-0.3, -0.25) is 9.89 Å². The van der Waals surface area contributed by atoms with E-state index in [2.05, 4.69) is 22.1 Å². The largest absolute Gasteiger partial charge is 0.335 e. The summed E-state index contributed by atoms with van der Waals surface area (Å²) < 4.78 is 0. The molecule has 1 aromatic rings. The molecule has 0 bridgehead atoms. The molecule has 17 heavy (non-hydrogen) atoms. The van der Waals surface area contributed by atoms with Crippen molar-refractivity contribution in [3.8, 4) is 0 Å². The lowest BCUT2D eigenvalue weighted by Crippen LogP contribution is -2.49. The van der Waals surface area contributed by atoms with E-state index in [4.69, 9.17) is 5.73 Å². The van der Waals surface area contributed by atoms with Gasteiger partial charge in [0.25, 0.3) is 5.91 Å². The molecule has 0 spiro atoms. The number of carbonyl (C=O) groups is 1. The van der Waals surface area contributed by atoms with Gasteiger partial charge >= 0.3 is 0 Å². The predicted molar refractivity (Wildman–Crippen MR) is 63.4 cm³/mol. The van der Waals surface area contributed by atoms with E-state index in [9.17, 15) is 4.79 Å². The van der Waals surface area contributed by atoms with Crippen LogP contribution in [0.3, 0.4) is 0 Å². The van der Waals surface area contributed by atoms with Gasteiger partial charge in [0.15, 0.2) is 0 Å². The summed E-state index contributed by atoms with van der Waals surface area (Å²) in [5.41, 5.74) is 6.02. The minimum atomic E-state index is -0.0975. The Morgan fingerprint density at radius 1 is 1.65 bits per heavy atom. The molecule has 0 aliphatic carbocycles. The lowest BCUT2D eigenvalue weighted by Gasteiger charge is -2.35. The van der Waals surface area contributed by atoms with Gasteiger partial charge in [-0.2, -0.15) is 0 Å². The van der Waals surface area contributed by atoms with E-state index in [1.165, 1.54) is 0 Å². The molecule has 1 aliphatic rings. The van der Waals surface area contributed by atoms with Gasteiger partial charge in [0.2, 0.25) is 5.82 Å². The van der Waals surface area contributed by atoms with Crippen molar-refractivity contribution in [3.05, 3.63) is 11.6 Å². The topological polar surface area (TPSA) is 87.9 Å². The molecule has 1 fully saturated rings. The standard InChI is InChI=1S/C11H19N5O/c1-3-8-6-16(5-4-9(8)12)11(17)10-13-7(2)14-15-10/h8-9H,3-6,12H2,1-2H3,(H,13,14,15). The van der Waals surface area contributed by atoms with Crippen LogP contribution in [-0.2, 0) is 0 Å². The Hall–Kier alpha value is -1.43. The Bertz CT molecular complexity index is 402. The van der Waals surface area contributed by atoms with Crippen LogP contribution >= 0.6 is 0 Å². The molecule has 3 N–H and O–H groups in total. The molecule has 1 aromatic heterocycles. The molecule has 94 valence electrons. The summed E-state index contributed by atoms with van der Waals surface area (Å²) in [6, 6.07) is 0.206. The molecular formula is C11H19N5O. The highest BCUT2D eigenvalue weighted by Gasteiger charge is 2.29. The maximum absolute atomic E-state index is 12.1. The summed E-state index contributed by atoms with van der Waals surface area (Å²) in [6.07, 6.45) is 1.85. The van der Waals surface area contributed by atoms with Gasteiger partial charge in [-0.1, -0.05) is 13.3 Å². The van der Waals surface area contributed by atoms with Crippen molar-refractivity contribution in [1.29, 1.82) is 0 Å². The first-order valence-corrected chi connectivity index (χ1v) is 6.05. The van der Waals surface area contributed by atoms with Crippen LogP contribution in [-0.4, -0.2) is 45.1 Å². The van der Waals surface area contributed by atoms with Crippen LogP contribution in [0.4, 0.5) is 0 Å². The molecule has 0 saturated carbocycles. The molecule has 2 heterocycles. The normalized spacial score (nSPS) is 25.0. The number of nitrogens with two attached hydrogens (primary N) is 1. The van der Waals surface area contributed by atoms with Gasteiger partial charge in [-0.05, 0) is 19.3 Å². The minimum Gasteiger partial charge on any atom is -0.335 e. The van der Waals surface area contributed by atoms with Gasteiger partial charge in [0.05, 0.1) is 0 Å². The second-order valence-corrected chi connectivity index (χ2v) is 4.62. The van der Waals surface area contributed by atoms with Crippen molar-refractivity contribution in [2.45, 2.75) is 32.7 Å². The van der Waals surface area contributed by atoms with Crippen molar-refractivity contribution >= 4 is 5.91 Å². The third-order valence-corrected chi connectivity index (χ3v) is 3.39. The Balaban J connectivity index is 2.05. The van der Waals surface area contributed by atoms with E-state index in [0.717, 1.165) is 12.8 Å². The molecule has 6 heteroatoms. The van der Waals surface area contributed by atoms with E-state index in [1.807, 2.05) is 0 Å². The maximum atomic E-state index is 12.1. The summed E-state index contributed by atoms with van der Waals surface area (Å²) in [5.74, 6) is 1.20. The number of nitrogens with zero attached hydrogens (tertiary/aromatic N) is 3. The van der Waals surface area contributed by atoms with Crippen LogP contribution in [0.15, 0.2) is 0 Å². The summed E-state index contributed by atoms with van der Waals surface area (Å²) in [7, 11) is 0. The van der Waals surface area contributed by atoms with Gasteiger partial charge in [0, 0.05) is 19.1 Å². The first kappa shape index (κ1) is 12.0. The number of aromatic nitrogens is 3. The van der Waals surface area contributed by atoms with Crippen molar-refractivity contribution < 1.29 is 4.79 Å². The van der Waals surface area contributed by atoms with E-state index < -0.39 is 0 Å². The van der Waals surface area contributed by atoms with Crippen LogP contribution in [0.1, 0.15) is 36.2 Å². The number of H-pyrrole nitrogens is 1. The number of likely N-dealkylation sites (tertiary alicyclic amines) is 1. The maximum Gasteiger partial charge on any atom is 0.293 e. The average molecular weight is 237 g/mol. The molecule has 0 radical (unpaired) electrons. The molecule has 2 rings (SSSR count). The summed E-state index contributed by atoms with van der Waals surface area (Å²) >= 11 is 0. The summed E-state index contributed by atoms with van der Waals surface area (Å²) in [4.78, 5) is 18.0. The number of piperidine rings is 1. The lowest BCUT2D eigenvalue weighted by atomic mass is 9.90. The highest BCUT2D eigenvalue weighted by molar-refractivity contribution is 5.90. The fourth-order valence-corrected chi connectivity index (χ4v) is 2.25. The van der Waals surface area contributed by atoms with Crippen LogP contribution < -0.4 is 5.73 Å². The molecule has 1 amide bonds. The fourth-order valence-electron chi connectivity index (χ4n) is 2.25. The zero-order valence-electron chi connectivity index (χ0n) is 10.3. The third-order valence-electron chi connectivity index (χ3n) is 3.39. The van der Waals surface area contributed by atoms with Gasteiger partial charge < -0.3 is 10.6 Å². The molecule has 1 saturated heterocycles. The van der Waals surface area contributed by atoms with E-state index in [-0.39, 0.29) is 17.8 Å². The monoisotopic (exact) mass is 237 g/mol. The number of hydrogen-bond donors (Lipinski definition) is 2. The zero-order chi connectivity index (χ0) is 12.4. The lowest BCUT2D eigenvalue weighted by molar-refractivity contribution is 0.0637. The third kappa shape index (κ3) is 2.46. The number of amides is 1. The number of aryl methyl sites for hydroxylation is 1. The van der Waals surface area contributed by atoms with Gasteiger partial charge in [-0.15, -0.1) is 5.10 Å². The number of carbonyl (C=O) groups excluding carboxylic acids is 1. The number of aromatic amines is 1.